The molecular formula is C18H17ClN4O5. The van der Waals surface area contributed by atoms with Gasteiger partial charge >= 0.3 is 5.97 Å². The van der Waals surface area contributed by atoms with Gasteiger partial charge in [0.2, 0.25) is 5.88 Å². The van der Waals surface area contributed by atoms with Gasteiger partial charge in [0, 0.05) is 18.7 Å². The Kier molecular flexibility index (Phi) is 6.87. The summed E-state index contributed by atoms with van der Waals surface area (Å²) in [6, 6.07) is 6.11. The van der Waals surface area contributed by atoms with E-state index < -0.39 is 17.4 Å². The molecule has 10 heteroatoms. The number of aromatic hydroxyl groups is 1. The molecule has 2 N–H and O–H groups in total. The van der Waals surface area contributed by atoms with Gasteiger partial charge in [0.1, 0.15) is 11.6 Å². The van der Waals surface area contributed by atoms with Crippen molar-refractivity contribution in [3.63, 3.8) is 0 Å². The number of nitrogens with zero attached hydrogens (tertiary/aromatic N) is 4. The summed E-state index contributed by atoms with van der Waals surface area (Å²) < 4.78 is 5.59. The predicted molar refractivity (Wildman–Crippen MR) is 100 cm³/mol. The third-order valence-corrected chi connectivity index (χ3v) is 4.26. The Morgan fingerprint density at radius 3 is 2.71 bits per heavy atom. The number of pyridine rings is 1. The van der Waals surface area contributed by atoms with Crippen molar-refractivity contribution in [2.24, 2.45) is 10.2 Å². The second-order valence-corrected chi connectivity index (χ2v) is 6.08. The molecule has 0 saturated heterocycles. The lowest BCUT2D eigenvalue weighted by Crippen LogP contribution is -2.22. The molecular weight excluding hydrogens is 388 g/mol. The number of aliphatic hydroxyl groups is 1. The zero-order chi connectivity index (χ0) is 20.8. The molecule has 0 fully saturated rings. The number of ether oxygens (including phenoxy) is 1. The number of aliphatic hydroxyl groups excluding tert-OH is 1. The predicted octanol–water partition coefficient (Wildman–Crippen LogP) is 2.97. The number of esters is 1. The van der Waals surface area contributed by atoms with Gasteiger partial charge in [-0.05, 0) is 31.5 Å². The van der Waals surface area contributed by atoms with Gasteiger partial charge < -0.3 is 14.9 Å². The first kappa shape index (κ1) is 21.1. The van der Waals surface area contributed by atoms with Crippen LogP contribution < -0.4 is 5.56 Å². The van der Waals surface area contributed by atoms with Crippen molar-refractivity contribution in [1.29, 1.82) is 5.26 Å². The fourth-order valence-electron chi connectivity index (χ4n) is 2.44. The molecule has 0 aliphatic heterocycles. The molecule has 0 aliphatic rings. The Bertz CT molecular complexity index is 1040. The number of rotatable bonds is 6. The van der Waals surface area contributed by atoms with Gasteiger partial charge in [0.15, 0.2) is 5.69 Å². The topological polar surface area (TPSA) is 137 Å². The van der Waals surface area contributed by atoms with Gasteiger partial charge in [-0.25, -0.2) is 4.79 Å². The molecule has 0 atom stereocenters. The minimum absolute atomic E-state index is 0.00603. The summed E-state index contributed by atoms with van der Waals surface area (Å²) in [6.07, 6.45) is 0.206. The maximum atomic E-state index is 12.6. The van der Waals surface area contributed by atoms with E-state index in [1.807, 2.05) is 6.07 Å². The van der Waals surface area contributed by atoms with E-state index >= 15 is 0 Å². The Hall–Kier alpha value is -3.22. The summed E-state index contributed by atoms with van der Waals surface area (Å²) in [5.41, 5.74) is -0.428. The highest BCUT2D eigenvalue weighted by atomic mass is 35.5. The van der Waals surface area contributed by atoms with Crippen LogP contribution in [0, 0.1) is 18.3 Å². The number of hydrogen-bond donors (Lipinski definition) is 2. The number of nitriles is 1. The number of carbonyl (C=O) groups is 1. The first-order chi connectivity index (χ1) is 13.3. The SMILES string of the molecule is COC(=O)c1cc(N=Nc2c(C)c(C#N)c(O)n(CCCO)c2=O)ccc1Cl. The zero-order valence-corrected chi connectivity index (χ0v) is 15.9. The van der Waals surface area contributed by atoms with Crippen molar-refractivity contribution in [3.05, 3.63) is 50.3 Å². The molecule has 9 nitrogen and oxygen atoms in total. The second-order valence-electron chi connectivity index (χ2n) is 5.67. The van der Waals surface area contributed by atoms with E-state index in [0.717, 1.165) is 4.57 Å². The van der Waals surface area contributed by atoms with Crippen molar-refractivity contribution in [2.75, 3.05) is 13.7 Å². The van der Waals surface area contributed by atoms with Crippen LogP contribution in [-0.2, 0) is 11.3 Å². The highest BCUT2D eigenvalue weighted by Crippen LogP contribution is 2.28. The van der Waals surface area contributed by atoms with Crippen molar-refractivity contribution >= 4 is 28.9 Å². The van der Waals surface area contributed by atoms with Gasteiger partial charge in [-0.15, -0.1) is 5.11 Å². The summed E-state index contributed by atoms with van der Waals surface area (Å²) >= 11 is 5.95. The van der Waals surface area contributed by atoms with Gasteiger partial charge in [-0.3, -0.25) is 9.36 Å². The fraction of sp³-hybridized carbons (Fsp3) is 0.278. The number of carbonyl (C=O) groups excluding carboxylic acids is 1. The maximum absolute atomic E-state index is 12.6. The standard InChI is InChI=1S/C18H17ClN4O5/c1-10-13(9-20)16(25)23(6-3-7-24)17(26)15(10)22-21-11-4-5-14(19)12(8-11)18(27)28-2/h4-5,8,24-25H,3,6-7H2,1-2H3. The monoisotopic (exact) mass is 404 g/mol. The quantitative estimate of drug-likeness (QED) is 0.560. The van der Waals surface area contributed by atoms with Crippen molar-refractivity contribution in [1.82, 2.24) is 4.57 Å². The van der Waals surface area contributed by atoms with E-state index in [4.69, 9.17) is 16.7 Å². The van der Waals surface area contributed by atoms with Crippen LogP contribution >= 0.6 is 11.6 Å². The lowest BCUT2D eigenvalue weighted by molar-refractivity contribution is 0.0601. The Morgan fingerprint density at radius 2 is 2.11 bits per heavy atom. The van der Waals surface area contributed by atoms with Gasteiger partial charge in [-0.1, -0.05) is 11.6 Å². The molecule has 1 aromatic heterocycles. The average molecular weight is 405 g/mol. The molecule has 1 heterocycles. The summed E-state index contributed by atoms with van der Waals surface area (Å²) in [5, 5.41) is 36.5. The zero-order valence-electron chi connectivity index (χ0n) is 15.1. The number of halogens is 1. The Morgan fingerprint density at radius 1 is 1.39 bits per heavy atom. The van der Waals surface area contributed by atoms with E-state index in [-0.39, 0.29) is 52.7 Å². The highest BCUT2D eigenvalue weighted by molar-refractivity contribution is 6.33. The minimum atomic E-state index is -0.659. The Labute approximate surface area is 165 Å². The van der Waals surface area contributed by atoms with Crippen LogP contribution in [-0.4, -0.2) is 34.5 Å². The van der Waals surface area contributed by atoms with Gasteiger partial charge in [0.05, 0.1) is 23.4 Å². The normalized spacial score (nSPS) is 10.8. The number of hydrogen-bond acceptors (Lipinski definition) is 8. The third-order valence-electron chi connectivity index (χ3n) is 3.93. The summed E-state index contributed by atoms with van der Waals surface area (Å²) in [4.78, 5) is 24.4. The molecule has 146 valence electrons. The molecule has 0 aliphatic carbocycles. The smallest absolute Gasteiger partial charge is 0.339 e. The van der Waals surface area contributed by atoms with Crippen LogP contribution in [0.3, 0.4) is 0 Å². The first-order valence-corrected chi connectivity index (χ1v) is 8.50. The number of methoxy groups -OCH3 is 1. The van der Waals surface area contributed by atoms with Crippen LogP contribution in [0.5, 0.6) is 5.88 Å². The van der Waals surface area contributed by atoms with Crippen LogP contribution in [0.2, 0.25) is 5.02 Å². The number of azo groups is 1. The fourth-order valence-corrected chi connectivity index (χ4v) is 2.64. The molecule has 2 aromatic rings. The van der Waals surface area contributed by atoms with E-state index in [1.165, 1.54) is 32.2 Å². The lowest BCUT2D eigenvalue weighted by atomic mass is 10.1. The van der Waals surface area contributed by atoms with Crippen molar-refractivity contribution in [3.8, 4) is 11.9 Å². The van der Waals surface area contributed by atoms with Crippen LogP contribution in [0.15, 0.2) is 33.2 Å². The van der Waals surface area contributed by atoms with Crippen molar-refractivity contribution < 1.29 is 19.7 Å². The van der Waals surface area contributed by atoms with Crippen LogP contribution in [0.4, 0.5) is 11.4 Å². The second kappa shape index (κ2) is 9.12. The average Bonchev–Trinajstić information content (AvgIpc) is 2.68. The van der Waals surface area contributed by atoms with Gasteiger partial charge in [-0.2, -0.15) is 10.4 Å². The molecule has 0 bridgehead atoms. The molecule has 1 aromatic carbocycles. The van der Waals surface area contributed by atoms with E-state index in [1.54, 1.807) is 0 Å². The molecule has 2 rings (SSSR count). The number of aromatic nitrogens is 1. The van der Waals surface area contributed by atoms with Crippen LogP contribution in [0.25, 0.3) is 0 Å². The largest absolute Gasteiger partial charge is 0.493 e. The summed E-state index contributed by atoms with van der Waals surface area (Å²) in [5.74, 6) is -1.14. The third kappa shape index (κ3) is 4.19. The molecule has 0 radical (unpaired) electrons. The Balaban J connectivity index is 2.56. The molecule has 28 heavy (non-hydrogen) atoms. The first-order valence-electron chi connectivity index (χ1n) is 8.12. The molecule has 0 amide bonds. The summed E-state index contributed by atoms with van der Waals surface area (Å²) in [7, 11) is 1.21. The number of benzene rings is 1. The minimum Gasteiger partial charge on any atom is -0.493 e. The van der Waals surface area contributed by atoms with Crippen molar-refractivity contribution in [2.45, 2.75) is 19.9 Å². The highest BCUT2D eigenvalue weighted by Gasteiger charge is 2.19. The van der Waals surface area contributed by atoms with Gasteiger partial charge in [0.25, 0.3) is 5.56 Å². The van der Waals surface area contributed by atoms with Crippen LogP contribution in [0.1, 0.15) is 27.9 Å². The molecule has 0 unspecified atom stereocenters. The van der Waals surface area contributed by atoms with E-state index in [2.05, 4.69) is 15.0 Å². The lowest BCUT2D eigenvalue weighted by Gasteiger charge is -2.12. The van der Waals surface area contributed by atoms with E-state index in [0.29, 0.717) is 0 Å². The summed E-state index contributed by atoms with van der Waals surface area (Å²) in [6.45, 7) is 1.28. The molecule has 0 saturated carbocycles. The molecule has 0 spiro atoms. The van der Waals surface area contributed by atoms with E-state index in [9.17, 15) is 20.0 Å². The maximum Gasteiger partial charge on any atom is 0.339 e.